The van der Waals surface area contributed by atoms with Crippen LogP contribution >= 0.6 is 0 Å². The number of rotatable bonds is 9. The molecule has 0 radical (unpaired) electrons. The van der Waals surface area contributed by atoms with Crippen molar-refractivity contribution in [2.24, 2.45) is 0 Å². The van der Waals surface area contributed by atoms with Crippen molar-refractivity contribution in [3.05, 3.63) is 54.5 Å². The summed E-state index contributed by atoms with van der Waals surface area (Å²) in [5.41, 5.74) is 2.67. The number of aryl methyl sites for hydroxylation is 1. The van der Waals surface area contributed by atoms with E-state index < -0.39 is 0 Å². The Morgan fingerprint density at radius 1 is 0.920 bits per heavy atom. The largest absolute Gasteiger partial charge is 0.361 e. The number of hydrogen-bond donors (Lipinski definition) is 1. The fourth-order valence-corrected chi connectivity index (χ4v) is 3.06. The van der Waals surface area contributed by atoms with Gasteiger partial charge in [-0.2, -0.15) is 0 Å². The van der Waals surface area contributed by atoms with Crippen LogP contribution in [0.25, 0.3) is 10.9 Å². The first kappa shape index (κ1) is 17.4. The first-order chi connectivity index (χ1) is 12.2. The molecule has 0 spiro atoms. The van der Waals surface area contributed by atoms with Gasteiger partial charge in [-0.3, -0.25) is 0 Å². The maximum Gasteiger partial charge on any atom is 0.225 e. The number of anilines is 1. The second kappa shape index (κ2) is 8.62. The van der Waals surface area contributed by atoms with Crippen LogP contribution < -0.4 is 4.90 Å². The van der Waals surface area contributed by atoms with Crippen molar-refractivity contribution in [1.82, 2.24) is 19.9 Å². The average Bonchev–Trinajstić information content (AvgIpc) is 3.07. The maximum atomic E-state index is 4.28. The maximum absolute atomic E-state index is 4.28. The average molecular weight is 337 g/mol. The summed E-state index contributed by atoms with van der Waals surface area (Å²) in [5.74, 6) is 0.787. The number of benzene rings is 1. The third kappa shape index (κ3) is 4.79. The topological polar surface area (TPSA) is 48.1 Å². The fourth-order valence-electron chi connectivity index (χ4n) is 3.06. The summed E-state index contributed by atoms with van der Waals surface area (Å²) >= 11 is 0. The number of nitrogens with one attached hydrogen (secondary N) is 1. The molecule has 25 heavy (non-hydrogen) atoms. The molecule has 5 nitrogen and oxygen atoms in total. The van der Waals surface area contributed by atoms with E-state index in [2.05, 4.69) is 62.3 Å². The summed E-state index contributed by atoms with van der Waals surface area (Å²) in [5, 5.41) is 1.36. The van der Waals surface area contributed by atoms with Gasteiger partial charge in [0.05, 0.1) is 0 Å². The summed E-state index contributed by atoms with van der Waals surface area (Å²) in [7, 11) is 4.23. The third-order valence-electron chi connectivity index (χ3n) is 4.62. The first-order valence-corrected chi connectivity index (χ1v) is 8.96. The predicted molar refractivity (Wildman–Crippen MR) is 104 cm³/mol. The molecule has 0 unspecified atom stereocenters. The monoisotopic (exact) mass is 337 g/mol. The molecule has 1 N–H and O–H groups in total. The number of aromatic nitrogens is 3. The Morgan fingerprint density at radius 2 is 1.72 bits per heavy atom. The highest BCUT2D eigenvalue weighted by Gasteiger charge is 2.06. The number of fused-ring (bicyclic) bond motifs is 1. The molecule has 0 fully saturated rings. The van der Waals surface area contributed by atoms with Gasteiger partial charge in [0.15, 0.2) is 0 Å². The molecule has 1 aromatic carbocycles. The van der Waals surface area contributed by atoms with Crippen LogP contribution in [0.15, 0.2) is 48.9 Å². The minimum Gasteiger partial charge on any atom is -0.361 e. The highest BCUT2D eigenvalue weighted by molar-refractivity contribution is 5.82. The Bertz CT molecular complexity index is 768. The molecular formula is C20H27N5. The van der Waals surface area contributed by atoms with Gasteiger partial charge in [-0.05, 0) is 50.6 Å². The van der Waals surface area contributed by atoms with Gasteiger partial charge in [0.1, 0.15) is 0 Å². The second-order valence-corrected chi connectivity index (χ2v) is 6.59. The van der Waals surface area contributed by atoms with Crippen molar-refractivity contribution in [3.8, 4) is 0 Å². The number of H-pyrrole nitrogens is 1. The zero-order valence-corrected chi connectivity index (χ0v) is 15.2. The van der Waals surface area contributed by atoms with Gasteiger partial charge in [0.2, 0.25) is 5.95 Å². The lowest BCUT2D eigenvalue weighted by atomic mass is 10.1. The van der Waals surface area contributed by atoms with Crippen LogP contribution in [0.2, 0.25) is 0 Å². The molecule has 0 saturated heterocycles. The summed E-state index contributed by atoms with van der Waals surface area (Å²) in [6, 6.07) is 10.4. The fraction of sp³-hybridized carbons (Fsp3) is 0.400. The molecule has 2 aromatic heterocycles. The Labute approximate surface area is 149 Å². The van der Waals surface area contributed by atoms with E-state index in [1.54, 1.807) is 12.4 Å². The van der Waals surface area contributed by atoms with E-state index in [0.717, 1.165) is 32.0 Å². The minimum atomic E-state index is 0.787. The molecule has 0 saturated carbocycles. The number of hydrogen-bond acceptors (Lipinski definition) is 4. The lowest BCUT2D eigenvalue weighted by molar-refractivity contribution is 0.332. The lowest BCUT2D eigenvalue weighted by Crippen LogP contribution is -2.32. The minimum absolute atomic E-state index is 0.787. The van der Waals surface area contributed by atoms with E-state index in [9.17, 15) is 0 Å². The van der Waals surface area contributed by atoms with E-state index in [-0.39, 0.29) is 0 Å². The van der Waals surface area contributed by atoms with Crippen LogP contribution in [0.5, 0.6) is 0 Å². The molecule has 3 aromatic rings. The standard InChI is InChI=1S/C20H27N5/c1-24(14-15-25(2)20-21-11-7-12-22-20)13-6-5-8-17-16-23-19-10-4-3-9-18(17)19/h3-4,7,9-12,16,23H,5-6,8,13-15H2,1-2H3. The van der Waals surface area contributed by atoms with Gasteiger partial charge >= 0.3 is 0 Å². The number of unbranched alkanes of at least 4 members (excludes halogenated alkanes) is 1. The molecule has 0 atom stereocenters. The number of likely N-dealkylation sites (N-methyl/N-ethyl adjacent to an activating group) is 2. The predicted octanol–water partition coefficient (Wildman–Crippen LogP) is 3.35. The number of aromatic amines is 1. The molecule has 132 valence electrons. The number of para-hydroxylation sites is 1. The van der Waals surface area contributed by atoms with Crippen LogP contribution in [0.1, 0.15) is 18.4 Å². The molecular weight excluding hydrogens is 310 g/mol. The normalized spacial score (nSPS) is 11.3. The van der Waals surface area contributed by atoms with Gasteiger partial charge in [-0.15, -0.1) is 0 Å². The smallest absolute Gasteiger partial charge is 0.225 e. The molecule has 5 heteroatoms. The van der Waals surface area contributed by atoms with Crippen molar-refractivity contribution in [2.75, 3.05) is 38.6 Å². The summed E-state index contributed by atoms with van der Waals surface area (Å²) in [6.45, 7) is 3.07. The molecule has 3 rings (SSSR count). The second-order valence-electron chi connectivity index (χ2n) is 6.59. The van der Waals surface area contributed by atoms with Crippen LogP contribution in [-0.4, -0.2) is 53.6 Å². The van der Waals surface area contributed by atoms with Crippen LogP contribution in [0.4, 0.5) is 5.95 Å². The molecule has 0 aliphatic rings. The van der Waals surface area contributed by atoms with Crippen molar-refractivity contribution in [3.63, 3.8) is 0 Å². The van der Waals surface area contributed by atoms with Crippen molar-refractivity contribution in [2.45, 2.75) is 19.3 Å². The Morgan fingerprint density at radius 3 is 2.56 bits per heavy atom. The Balaban J connectivity index is 1.36. The van der Waals surface area contributed by atoms with Gasteiger partial charge in [0.25, 0.3) is 0 Å². The van der Waals surface area contributed by atoms with Crippen molar-refractivity contribution >= 4 is 16.9 Å². The van der Waals surface area contributed by atoms with Crippen molar-refractivity contribution in [1.29, 1.82) is 0 Å². The summed E-state index contributed by atoms with van der Waals surface area (Å²) < 4.78 is 0. The first-order valence-electron chi connectivity index (χ1n) is 8.96. The van der Waals surface area contributed by atoms with Crippen LogP contribution in [0.3, 0.4) is 0 Å². The highest BCUT2D eigenvalue weighted by atomic mass is 15.2. The van der Waals surface area contributed by atoms with E-state index in [0.29, 0.717) is 0 Å². The van der Waals surface area contributed by atoms with Crippen molar-refractivity contribution < 1.29 is 0 Å². The van der Waals surface area contributed by atoms with E-state index in [1.165, 1.54) is 29.3 Å². The van der Waals surface area contributed by atoms with E-state index >= 15 is 0 Å². The zero-order valence-electron chi connectivity index (χ0n) is 15.2. The SMILES string of the molecule is CN(CCCCc1c[nH]c2ccccc12)CCN(C)c1ncccn1. The summed E-state index contributed by atoms with van der Waals surface area (Å²) in [4.78, 5) is 16.4. The zero-order chi connectivity index (χ0) is 17.5. The lowest BCUT2D eigenvalue weighted by Gasteiger charge is -2.21. The number of nitrogens with zero attached hydrogens (tertiary/aromatic N) is 4. The van der Waals surface area contributed by atoms with Crippen LogP contribution in [0, 0.1) is 0 Å². The van der Waals surface area contributed by atoms with Gasteiger partial charge in [-0.1, -0.05) is 18.2 Å². The summed E-state index contributed by atoms with van der Waals surface area (Å²) in [6.07, 6.45) is 9.28. The Kier molecular flexibility index (Phi) is 6.01. The van der Waals surface area contributed by atoms with Crippen LogP contribution in [-0.2, 0) is 6.42 Å². The van der Waals surface area contributed by atoms with Gasteiger partial charge in [-0.25, -0.2) is 9.97 Å². The quantitative estimate of drug-likeness (QED) is 0.608. The van der Waals surface area contributed by atoms with E-state index in [1.807, 2.05) is 13.1 Å². The highest BCUT2D eigenvalue weighted by Crippen LogP contribution is 2.19. The molecule has 0 bridgehead atoms. The Hall–Kier alpha value is -2.40. The van der Waals surface area contributed by atoms with E-state index in [4.69, 9.17) is 0 Å². The molecule has 0 aliphatic carbocycles. The molecule has 0 aliphatic heterocycles. The molecule has 0 amide bonds. The van der Waals surface area contributed by atoms with Gasteiger partial charge < -0.3 is 14.8 Å². The third-order valence-corrected chi connectivity index (χ3v) is 4.62. The van der Waals surface area contributed by atoms with Gasteiger partial charge in [0, 0.05) is 49.6 Å². The molecule has 2 heterocycles.